The first kappa shape index (κ1) is 23.9. The van der Waals surface area contributed by atoms with Crippen LogP contribution in [-0.2, 0) is 20.9 Å². The lowest BCUT2D eigenvalue weighted by Crippen LogP contribution is -2.38. The fourth-order valence-corrected chi connectivity index (χ4v) is 2.97. The van der Waals surface area contributed by atoms with Crippen molar-refractivity contribution in [2.24, 2.45) is 0 Å². The molecule has 1 aliphatic rings. The van der Waals surface area contributed by atoms with Gasteiger partial charge in [-0.25, -0.2) is 0 Å². The predicted molar refractivity (Wildman–Crippen MR) is 119 cm³/mol. The third-order valence-corrected chi connectivity index (χ3v) is 4.86. The van der Waals surface area contributed by atoms with Crippen LogP contribution in [0.15, 0.2) is 42.5 Å². The molecule has 33 heavy (non-hydrogen) atoms. The zero-order valence-corrected chi connectivity index (χ0v) is 18.7. The molecule has 2 amide bonds. The summed E-state index contributed by atoms with van der Waals surface area (Å²) < 4.78 is 21.2. The highest BCUT2D eigenvalue weighted by Gasteiger charge is 2.19. The second-order valence-electron chi connectivity index (χ2n) is 7.45. The van der Waals surface area contributed by atoms with Gasteiger partial charge in [0.25, 0.3) is 11.8 Å². The van der Waals surface area contributed by atoms with E-state index in [9.17, 15) is 14.4 Å². The van der Waals surface area contributed by atoms with Gasteiger partial charge in [-0.05, 0) is 55.3 Å². The molecule has 1 heterocycles. The summed E-state index contributed by atoms with van der Waals surface area (Å²) in [6.07, 6.45) is 0.985. The largest absolute Gasteiger partial charge is 0.494 e. The normalized spacial score (nSPS) is 12.5. The first-order valence-electron chi connectivity index (χ1n) is 10.8. The number of hydrogen-bond acceptors (Lipinski definition) is 7. The number of hydrogen-bond donors (Lipinski definition) is 2. The number of fused-ring (bicyclic) bond motifs is 1. The second kappa shape index (κ2) is 11.8. The maximum atomic E-state index is 12.2. The zero-order valence-electron chi connectivity index (χ0n) is 18.7. The molecule has 2 aromatic carbocycles. The Bertz CT molecular complexity index is 975. The smallest absolute Gasteiger partial charge is 0.326 e. The summed E-state index contributed by atoms with van der Waals surface area (Å²) in [7, 11) is 0. The summed E-state index contributed by atoms with van der Waals surface area (Å²) in [5, 5.41) is 5.18. The van der Waals surface area contributed by atoms with Gasteiger partial charge in [0.1, 0.15) is 12.3 Å². The first-order chi connectivity index (χ1) is 16.0. The minimum absolute atomic E-state index is 0.174. The third-order valence-electron chi connectivity index (χ3n) is 4.86. The Balaban J connectivity index is 1.37. The maximum Gasteiger partial charge on any atom is 0.326 e. The molecule has 0 fully saturated rings. The number of carbonyl (C=O) groups excluding carboxylic acids is 3. The van der Waals surface area contributed by atoms with Crippen LogP contribution in [0.4, 0.5) is 0 Å². The van der Waals surface area contributed by atoms with Crippen molar-refractivity contribution in [3.05, 3.63) is 53.6 Å². The van der Waals surface area contributed by atoms with Gasteiger partial charge >= 0.3 is 5.97 Å². The van der Waals surface area contributed by atoms with Crippen molar-refractivity contribution in [1.82, 2.24) is 10.6 Å². The van der Waals surface area contributed by atoms with E-state index in [-0.39, 0.29) is 19.9 Å². The van der Waals surface area contributed by atoms with Gasteiger partial charge in [-0.1, -0.05) is 19.4 Å². The van der Waals surface area contributed by atoms with Gasteiger partial charge in [-0.3, -0.25) is 14.4 Å². The topological polar surface area (TPSA) is 112 Å². The fourth-order valence-electron chi connectivity index (χ4n) is 2.97. The maximum absolute atomic E-state index is 12.2. The molecule has 0 aliphatic carbocycles. The number of esters is 1. The van der Waals surface area contributed by atoms with Crippen LogP contribution in [0.25, 0.3) is 0 Å². The van der Waals surface area contributed by atoms with E-state index in [0.717, 1.165) is 18.4 Å². The predicted octanol–water partition coefficient (Wildman–Crippen LogP) is 2.57. The van der Waals surface area contributed by atoms with Crippen LogP contribution in [0, 0.1) is 0 Å². The van der Waals surface area contributed by atoms with Gasteiger partial charge < -0.3 is 29.6 Å². The Morgan fingerprint density at radius 2 is 1.79 bits per heavy atom. The Kier molecular flexibility index (Phi) is 8.51. The molecule has 2 N–H and O–H groups in total. The molecular formula is C24H28N2O7. The van der Waals surface area contributed by atoms with E-state index >= 15 is 0 Å². The van der Waals surface area contributed by atoms with Crippen molar-refractivity contribution in [2.45, 2.75) is 39.3 Å². The van der Waals surface area contributed by atoms with Crippen molar-refractivity contribution in [3.63, 3.8) is 0 Å². The van der Waals surface area contributed by atoms with Crippen LogP contribution in [0.3, 0.4) is 0 Å². The summed E-state index contributed by atoms with van der Waals surface area (Å²) >= 11 is 0. The number of ether oxygens (including phenoxy) is 4. The first-order valence-corrected chi connectivity index (χ1v) is 10.8. The fraction of sp³-hybridized carbons (Fsp3) is 0.375. The van der Waals surface area contributed by atoms with E-state index in [0.29, 0.717) is 29.4 Å². The van der Waals surface area contributed by atoms with Crippen LogP contribution in [0.2, 0.25) is 0 Å². The number of amides is 2. The van der Waals surface area contributed by atoms with Crippen molar-refractivity contribution in [2.75, 3.05) is 19.9 Å². The molecule has 3 rings (SSSR count). The SMILES string of the molecule is CCCCOc1ccc(C(=O)NCC(=O)OC(C)C(=O)NCc2ccc3c(c2)OCO3)cc1. The van der Waals surface area contributed by atoms with Gasteiger partial charge in [0.05, 0.1) is 6.61 Å². The van der Waals surface area contributed by atoms with Crippen molar-refractivity contribution < 1.29 is 33.3 Å². The van der Waals surface area contributed by atoms with Crippen molar-refractivity contribution in [3.8, 4) is 17.2 Å². The molecule has 0 spiro atoms. The molecule has 0 saturated heterocycles. The minimum Gasteiger partial charge on any atom is -0.494 e. The molecular weight excluding hydrogens is 428 g/mol. The number of unbranched alkanes of at least 4 members (excludes halogenated alkanes) is 1. The average molecular weight is 456 g/mol. The Labute approximate surface area is 192 Å². The molecule has 0 saturated carbocycles. The Morgan fingerprint density at radius 3 is 2.55 bits per heavy atom. The van der Waals surface area contributed by atoms with Crippen LogP contribution in [0.1, 0.15) is 42.6 Å². The lowest BCUT2D eigenvalue weighted by atomic mass is 10.2. The standard InChI is InChI=1S/C24H28N2O7/c1-3-4-11-30-19-8-6-18(7-9-19)24(29)26-14-22(27)33-16(2)23(28)25-13-17-5-10-20-21(12-17)32-15-31-20/h5-10,12,16H,3-4,11,13-15H2,1-2H3,(H,25,28)(H,26,29). The molecule has 2 aromatic rings. The lowest BCUT2D eigenvalue weighted by molar-refractivity contribution is -0.153. The highest BCUT2D eigenvalue weighted by molar-refractivity contribution is 5.96. The number of benzene rings is 2. The number of nitrogens with one attached hydrogen (secondary N) is 2. The molecule has 0 bridgehead atoms. The van der Waals surface area contributed by atoms with Crippen LogP contribution in [0.5, 0.6) is 17.2 Å². The van der Waals surface area contributed by atoms with Gasteiger partial charge in [-0.2, -0.15) is 0 Å². The Hall–Kier alpha value is -3.75. The van der Waals surface area contributed by atoms with Gasteiger partial charge in [0.2, 0.25) is 6.79 Å². The van der Waals surface area contributed by atoms with Gasteiger partial charge in [0, 0.05) is 12.1 Å². The van der Waals surface area contributed by atoms with E-state index < -0.39 is 23.9 Å². The molecule has 0 radical (unpaired) electrons. The molecule has 1 aliphatic heterocycles. The molecule has 1 unspecified atom stereocenters. The summed E-state index contributed by atoms with van der Waals surface area (Å²) in [6.45, 7) is 4.23. The number of carbonyl (C=O) groups is 3. The van der Waals surface area contributed by atoms with Crippen molar-refractivity contribution in [1.29, 1.82) is 0 Å². The van der Waals surface area contributed by atoms with E-state index in [4.69, 9.17) is 18.9 Å². The number of rotatable bonds is 11. The highest BCUT2D eigenvalue weighted by Crippen LogP contribution is 2.32. The highest BCUT2D eigenvalue weighted by atomic mass is 16.7. The third kappa shape index (κ3) is 7.13. The molecule has 176 valence electrons. The lowest BCUT2D eigenvalue weighted by Gasteiger charge is -2.14. The van der Waals surface area contributed by atoms with Crippen LogP contribution >= 0.6 is 0 Å². The quantitative estimate of drug-likeness (QED) is 0.395. The molecule has 9 nitrogen and oxygen atoms in total. The van der Waals surface area contributed by atoms with Crippen LogP contribution in [-0.4, -0.2) is 43.8 Å². The van der Waals surface area contributed by atoms with Gasteiger partial charge in [0.15, 0.2) is 17.6 Å². The zero-order chi connectivity index (χ0) is 23.6. The summed E-state index contributed by atoms with van der Waals surface area (Å²) in [5.41, 5.74) is 1.21. The van der Waals surface area contributed by atoms with E-state index in [1.54, 1.807) is 36.4 Å². The summed E-state index contributed by atoms with van der Waals surface area (Å²) in [5.74, 6) is 0.368. The molecule has 0 aromatic heterocycles. The van der Waals surface area contributed by atoms with E-state index in [1.165, 1.54) is 6.92 Å². The van der Waals surface area contributed by atoms with Crippen molar-refractivity contribution >= 4 is 17.8 Å². The monoisotopic (exact) mass is 456 g/mol. The summed E-state index contributed by atoms with van der Waals surface area (Å²) in [6, 6.07) is 12.0. The Morgan fingerprint density at radius 1 is 1.03 bits per heavy atom. The molecule has 9 heteroatoms. The van der Waals surface area contributed by atoms with Crippen LogP contribution < -0.4 is 24.8 Å². The summed E-state index contributed by atoms with van der Waals surface area (Å²) in [4.78, 5) is 36.5. The average Bonchev–Trinajstić information content (AvgIpc) is 3.29. The minimum atomic E-state index is -1.01. The second-order valence-corrected chi connectivity index (χ2v) is 7.45. The van der Waals surface area contributed by atoms with Gasteiger partial charge in [-0.15, -0.1) is 0 Å². The van der Waals surface area contributed by atoms with E-state index in [2.05, 4.69) is 17.6 Å². The molecule has 1 atom stereocenters. The van der Waals surface area contributed by atoms with E-state index in [1.807, 2.05) is 6.07 Å².